The van der Waals surface area contributed by atoms with Gasteiger partial charge in [-0.15, -0.1) is 0 Å². The van der Waals surface area contributed by atoms with Crippen LogP contribution in [-0.4, -0.2) is 8.42 Å². The van der Waals surface area contributed by atoms with Crippen molar-refractivity contribution in [3.63, 3.8) is 0 Å². The molecule has 112 valence electrons. The van der Waals surface area contributed by atoms with Crippen molar-refractivity contribution in [3.05, 3.63) is 58.1 Å². The molecule has 0 aliphatic heterocycles. The van der Waals surface area contributed by atoms with E-state index >= 15 is 0 Å². The number of halogens is 1. The molecular weight excluding hydrogens is 352 g/mol. The fourth-order valence-electron chi connectivity index (χ4n) is 1.96. The summed E-state index contributed by atoms with van der Waals surface area (Å²) in [4.78, 5) is 0.219. The lowest BCUT2D eigenvalue weighted by Crippen LogP contribution is -2.27. The van der Waals surface area contributed by atoms with Crippen molar-refractivity contribution < 1.29 is 8.42 Å². The van der Waals surface area contributed by atoms with Crippen LogP contribution in [0, 0.1) is 6.92 Å². The summed E-state index contributed by atoms with van der Waals surface area (Å²) < 4.78 is 28.4. The zero-order chi connectivity index (χ0) is 15.6. The first-order chi connectivity index (χ1) is 9.79. The van der Waals surface area contributed by atoms with Crippen LogP contribution < -0.4 is 10.5 Å². The van der Waals surface area contributed by atoms with Gasteiger partial charge >= 0.3 is 0 Å². The Morgan fingerprint density at radius 3 is 2.52 bits per heavy atom. The Hall–Kier alpha value is -1.37. The average Bonchev–Trinajstić information content (AvgIpc) is 2.41. The zero-order valence-corrected chi connectivity index (χ0v) is 14.2. The van der Waals surface area contributed by atoms with E-state index < -0.39 is 10.0 Å². The quantitative estimate of drug-likeness (QED) is 0.812. The molecule has 1 unspecified atom stereocenters. The van der Waals surface area contributed by atoms with Crippen LogP contribution in [-0.2, 0) is 10.0 Å². The molecular formula is C15H17BrN2O2S. The van der Waals surface area contributed by atoms with Gasteiger partial charge in [-0.25, -0.2) is 13.1 Å². The van der Waals surface area contributed by atoms with Crippen molar-refractivity contribution in [2.45, 2.75) is 24.8 Å². The van der Waals surface area contributed by atoms with Gasteiger partial charge in [0, 0.05) is 16.2 Å². The minimum Gasteiger partial charge on any atom is -0.399 e. The van der Waals surface area contributed by atoms with E-state index in [9.17, 15) is 8.42 Å². The molecule has 0 heterocycles. The smallest absolute Gasteiger partial charge is 0.241 e. The van der Waals surface area contributed by atoms with Crippen molar-refractivity contribution in [2.75, 3.05) is 5.73 Å². The van der Waals surface area contributed by atoms with E-state index in [1.165, 1.54) is 6.07 Å². The Morgan fingerprint density at radius 2 is 1.90 bits per heavy atom. The lowest BCUT2D eigenvalue weighted by Gasteiger charge is -2.15. The molecule has 6 heteroatoms. The van der Waals surface area contributed by atoms with Gasteiger partial charge < -0.3 is 5.73 Å². The Morgan fingerprint density at radius 1 is 1.19 bits per heavy atom. The second kappa shape index (κ2) is 6.17. The van der Waals surface area contributed by atoms with Gasteiger partial charge in [0.15, 0.2) is 0 Å². The second-order valence-corrected chi connectivity index (χ2v) is 7.55. The molecule has 0 radical (unpaired) electrons. The topological polar surface area (TPSA) is 72.2 Å². The summed E-state index contributed by atoms with van der Waals surface area (Å²) in [7, 11) is -3.58. The van der Waals surface area contributed by atoms with Gasteiger partial charge in [-0.3, -0.25) is 0 Å². The summed E-state index contributed by atoms with van der Waals surface area (Å²) in [6, 6.07) is 11.9. The van der Waals surface area contributed by atoms with Crippen LogP contribution in [0.15, 0.2) is 51.8 Å². The van der Waals surface area contributed by atoms with Crippen LogP contribution in [0.25, 0.3) is 0 Å². The van der Waals surface area contributed by atoms with Crippen molar-refractivity contribution in [1.29, 1.82) is 0 Å². The number of nitrogens with two attached hydrogens (primary N) is 1. The largest absolute Gasteiger partial charge is 0.399 e. The summed E-state index contributed by atoms with van der Waals surface area (Å²) in [5.74, 6) is 0. The fourth-order valence-corrected chi connectivity index (χ4v) is 3.69. The molecule has 0 aliphatic carbocycles. The summed E-state index contributed by atoms with van der Waals surface area (Å²) in [5, 5.41) is 0. The molecule has 0 amide bonds. The number of rotatable bonds is 4. The van der Waals surface area contributed by atoms with Crippen molar-refractivity contribution in [1.82, 2.24) is 4.72 Å². The zero-order valence-electron chi connectivity index (χ0n) is 11.8. The number of anilines is 1. The average molecular weight is 369 g/mol. The van der Waals surface area contributed by atoms with Crippen molar-refractivity contribution in [3.8, 4) is 0 Å². The Bertz CT molecular complexity index is 760. The Kier molecular flexibility index (Phi) is 4.70. The monoisotopic (exact) mass is 368 g/mol. The first-order valence-corrected chi connectivity index (χ1v) is 8.71. The highest BCUT2D eigenvalue weighted by molar-refractivity contribution is 9.10. The van der Waals surface area contributed by atoms with Gasteiger partial charge in [-0.1, -0.05) is 28.1 Å². The normalized spacial score (nSPS) is 13.1. The van der Waals surface area contributed by atoms with Crippen molar-refractivity contribution in [2.24, 2.45) is 0 Å². The van der Waals surface area contributed by atoms with Gasteiger partial charge in [-0.05, 0) is 55.3 Å². The van der Waals surface area contributed by atoms with Crippen molar-refractivity contribution >= 4 is 31.6 Å². The maximum Gasteiger partial charge on any atom is 0.241 e. The lowest BCUT2D eigenvalue weighted by molar-refractivity contribution is 0.567. The first-order valence-electron chi connectivity index (χ1n) is 6.43. The maximum absolute atomic E-state index is 12.4. The van der Waals surface area contributed by atoms with Gasteiger partial charge in [0.25, 0.3) is 0 Å². The van der Waals surface area contributed by atoms with E-state index in [-0.39, 0.29) is 10.9 Å². The number of aryl methyl sites for hydroxylation is 1. The summed E-state index contributed by atoms with van der Waals surface area (Å²) in [6.07, 6.45) is 0. The Balaban J connectivity index is 2.26. The maximum atomic E-state index is 12.4. The van der Waals surface area contributed by atoms with Crippen LogP contribution in [0.4, 0.5) is 5.69 Å². The molecule has 21 heavy (non-hydrogen) atoms. The van der Waals surface area contributed by atoms with Crippen LogP contribution in [0.5, 0.6) is 0 Å². The van der Waals surface area contributed by atoms with Gasteiger partial charge in [0.1, 0.15) is 0 Å². The molecule has 0 saturated heterocycles. The SMILES string of the molecule is Cc1cc(S(=O)(=O)NC(C)c2cccc(Br)c2)ccc1N. The minimum atomic E-state index is -3.58. The Labute approximate surface area is 133 Å². The molecule has 2 rings (SSSR count). The third-order valence-electron chi connectivity index (χ3n) is 3.23. The molecule has 0 saturated carbocycles. The molecule has 0 fully saturated rings. The minimum absolute atomic E-state index is 0.219. The third kappa shape index (κ3) is 3.84. The van der Waals surface area contributed by atoms with E-state index in [0.29, 0.717) is 5.69 Å². The standard InChI is InChI=1S/C15H17BrN2O2S/c1-10-8-14(6-7-15(10)17)21(19,20)18-11(2)12-4-3-5-13(16)9-12/h3-9,11,18H,17H2,1-2H3. The molecule has 1 atom stereocenters. The van der Waals surface area contributed by atoms with E-state index in [2.05, 4.69) is 20.7 Å². The highest BCUT2D eigenvalue weighted by Crippen LogP contribution is 2.22. The molecule has 2 aromatic carbocycles. The molecule has 0 aromatic heterocycles. The van der Waals surface area contributed by atoms with E-state index in [1.807, 2.05) is 31.2 Å². The predicted molar refractivity (Wildman–Crippen MR) is 88.5 cm³/mol. The van der Waals surface area contributed by atoms with Crippen LogP contribution in [0.3, 0.4) is 0 Å². The van der Waals surface area contributed by atoms with Gasteiger partial charge in [-0.2, -0.15) is 0 Å². The highest BCUT2D eigenvalue weighted by Gasteiger charge is 2.19. The van der Waals surface area contributed by atoms with Crippen LogP contribution in [0.2, 0.25) is 0 Å². The summed E-state index contributed by atoms with van der Waals surface area (Å²) in [5.41, 5.74) is 7.93. The molecule has 0 bridgehead atoms. The molecule has 3 N–H and O–H groups in total. The first kappa shape index (κ1) is 16.0. The summed E-state index contributed by atoms with van der Waals surface area (Å²) >= 11 is 3.38. The molecule has 0 spiro atoms. The molecule has 2 aromatic rings. The predicted octanol–water partition coefficient (Wildman–Crippen LogP) is 3.38. The number of hydrogen-bond acceptors (Lipinski definition) is 3. The van der Waals surface area contributed by atoms with Crippen LogP contribution >= 0.6 is 15.9 Å². The summed E-state index contributed by atoms with van der Waals surface area (Å²) in [6.45, 7) is 3.59. The third-order valence-corrected chi connectivity index (χ3v) is 5.26. The number of nitrogen functional groups attached to an aromatic ring is 1. The van der Waals surface area contributed by atoms with E-state index in [4.69, 9.17) is 5.73 Å². The van der Waals surface area contributed by atoms with E-state index in [0.717, 1.165) is 15.6 Å². The number of benzene rings is 2. The molecule has 4 nitrogen and oxygen atoms in total. The van der Waals surface area contributed by atoms with Crippen LogP contribution in [0.1, 0.15) is 24.1 Å². The molecule has 0 aliphatic rings. The van der Waals surface area contributed by atoms with Gasteiger partial charge in [0.05, 0.1) is 4.90 Å². The van der Waals surface area contributed by atoms with E-state index in [1.54, 1.807) is 19.1 Å². The number of hydrogen-bond donors (Lipinski definition) is 2. The van der Waals surface area contributed by atoms with Gasteiger partial charge in [0.2, 0.25) is 10.0 Å². The lowest BCUT2D eigenvalue weighted by atomic mass is 10.1. The number of nitrogens with one attached hydrogen (secondary N) is 1. The number of sulfonamides is 1. The highest BCUT2D eigenvalue weighted by atomic mass is 79.9. The fraction of sp³-hybridized carbons (Fsp3) is 0.200. The second-order valence-electron chi connectivity index (χ2n) is 4.92.